The first-order valence-electron chi connectivity index (χ1n) is 9.14. The smallest absolute Gasteiger partial charge is 0.369 e. The van der Waals surface area contributed by atoms with Crippen LogP contribution in [0.25, 0.3) is 0 Å². The molecule has 0 spiro atoms. The topological polar surface area (TPSA) is 54.4 Å². The zero-order chi connectivity index (χ0) is 23.3. The van der Waals surface area contributed by atoms with Crippen LogP contribution < -0.4 is 0 Å². The van der Waals surface area contributed by atoms with Gasteiger partial charge in [-0.3, -0.25) is 0 Å². The molecule has 0 aliphatic heterocycles. The molecule has 2 aromatic rings. The molecule has 0 atom stereocenters. The Balaban J connectivity index is 2.12. The summed E-state index contributed by atoms with van der Waals surface area (Å²) in [6.45, 7) is 0. The minimum atomic E-state index is -6.04. The van der Waals surface area contributed by atoms with Crippen LogP contribution in [-0.4, -0.2) is 25.9 Å². The minimum absolute atomic E-state index is 0.00442. The van der Waals surface area contributed by atoms with Gasteiger partial charge in [-0.05, 0) is 42.7 Å². The predicted octanol–water partition coefficient (Wildman–Crippen LogP) is 5.38. The molecule has 1 aliphatic rings. The quantitative estimate of drug-likeness (QED) is 0.482. The van der Waals surface area contributed by atoms with Gasteiger partial charge in [-0.25, -0.2) is 12.8 Å². The predicted molar refractivity (Wildman–Crippen MR) is 96.2 cm³/mol. The van der Waals surface area contributed by atoms with E-state index in [0.29, 0.717) is 25.0 Å². The van der Waals surface area contributed by atoms with E-state index in [1.807, 2.05) is 0 Å². The number of aliphatic hydroxyl groups is 1. The maximum Gasteiger partial charge on any atom is 0.430 e. The molecule has 0 heterocycles. The van der Waals surface area contributed by atoms with Gasteiger partial charge < -0.3 is 5.11 Å². The fraction of sp³-hybridized carbons (Fsp3) is 0.400. The Morgan fingerprint density at radius 3 is 1.65 bits per heavy atom. The van der Waals surface area contributed by atoms with Gasteiger partial charge in [0.2, 0.25) is 0 Å². The van der Waals surface area contributed by atoms with E-state index < -0.39 is 43.9 Å². The summed E-state index contributed by atoms with van der Waals surface area (Å²) in [5.74, 6) is -0.664. The van der Waals surface area contributed by atoms with Crippen molar-refractivity contribution in [2.24, 2.45) is 0 Å². The number of rotatable bonds is 4. The van der Waals surface area contributed by atoms with Crippen LogP contribution in [0, 0.1) is 5.82 Å². The number of hydrogen-bond acceptors (Lipinski definition) is 3. The van der Waals surface area contributed by atoms with E-state index in [1.54, 1.807) is 0 Å². The van der Waals surface area contributed by atoms with Crippen LogP contribution in [0.1, 0.15) is 36.8 Å². The Morgan fingerprint density at radius 2 is 1.23 bits per heavy atom. The van der Waals surface area contributed by atoms with Crippen molar-refractivity contribution in [1.29, 1.82) is 0 Å². The third-order valence-electron chi connectivity index (χ3n) is 5.70. The largest absolute Gasteiger partial charge is 0.430 e. The molecule has 2 aromatic carbocycles. The third kappa shape index (κ3) is 3.61. The Kier molecular flexibility index (Phi) is 5.67. The van der Waals surface area contributed by atoms with Crippen molar-refractivity contribution in [2.75, 3.05) is 0 Å². The second-order valence-electron chi connectivity index (χ2n) is 7.44. The first kappa shape index (κ1) is 23.5. The van der Waals surface area contributed by atoms with Crippen molar-refractivity contribution in [3.63, 3.8) is 0 Å². The molecule has 3 rings (SSSR count). The summed E-state index contributed by atoms with van der Waals surface area (Å²) in [5.41, 5.74) is -6.56. The van der Waals surface area contributed by atoms with Crippen molar-refractivity contribution in [1.82, 2.24) is 0 Å². The number of sulfone groups is 1. The van der Waals surface area contributed by atoms with E-state index in [2.05, 4.69) is 0 Å². The molecule has 1 aliphatic carbocycles. The highest BCUT2D eigenvalue weighted by atomic mass is 32.2. The highest BCUT2D eigenvalue weighted by Gasteiger charge is 2.71. The van der Waals surface area contributed by atoms with Gasteiger partial charge in [-0.2, -0.15) is 26.3 Å². The lowest BCUT2D eigenvalue weighted by atomic mass is 9.89. The van der Waals surface area contributed by atoms with Gasteiger partial charge in [0.1, 0.15) is 10.6 Å². The molecule has 170 valence electrons. The molecular weight excluding hydrogens is 453 g/mol. The summed E-state index contributed by atoms with van der Waals surface area (Å²) in [7, 11) is -4.15. The molecule has 0 aromatic heterocycles. The first-order valence-corrected chi connectivity index (χ1v) is 10.6. The maximum atomic E-state index is 13.3. The summed E-state index contributed by atoms with van der Waals surface area (Å²) < 4.78 is 117. The van der Waals surface area contributed by atoms with Gasteiger partial charge in [0.05, 0.1) is 4.90 Å². The summed E-state index contributed by atoms with van der Waals surface area (Å²) in [6, 6.07) is 6.63. The van der Waals surface area contributed by atoms with Crippen LogP contribution in [0.15, 0.2) is 53.4 Å². The van der Waals surface area contributed by atoms with Crippen molar-refractivity contribution >= 4 is 9.84 Å². The normalized spacial score (nSPS) is 17.7. The zero-order valence-electron chi connectivity index (χ0n) is 15.8. The fourth-order valence-electron chi connectivity index (χ4n) is 4.00. The lowest BCUT2D eigenvalue weighted by molar-refractivity contribution is -0.376. The maximum absolute atomic E-state index is 13.3. The number of halogens is 7. The molecule has 31 heavy (non-hydrogen) atoms. The van der Waals surface area contributed by atoms with Crippen molar-refractivity contribution in [2.45, 2.75) is 53.3 Å². The van der Waals surface area contributed by atoms with Gasteiger partial charge >= 0.3 is 12.4 Å². The molecule has 0 radical (unpaired) electrons. The highest BCUT2D eigenvalue weighted by molar-refractivity contribution is 7.92. The molecule has 0 saturated heterocycles. The molecule has 1 N–H and O–H groups in total. The van der Waals surface area contributed by atoms with Gasteiger partial charge in [-0.1, -0.05) is 37.1 Å². The number of alkyl halides is 6. The lowest BCUT2D eigenvalue weighted by Gasteiger charge is -2.34. The molecule has 1 fully saturated rings. The average molecular weight is 470 g/mol. The zero-order valence-corrected chi connectivity index (χ0v) is 16.6. The summed E-state index contributed by atoms with van der Waals surface area (Å²) in [5, 5.41) is 9.54. The van der Waals surface area contributed by atoms with E-state index >= 15 is 0 Å². The summed E-state index contributed by atoms with van der Waals surface area (Å²) in [4.78, 5) is -0.207. The molecule has 0 bridgehead atoms. The fourth-order valence-corrected chi connectivity index (χ4v) is 6.22. The van der Waals surface area contributed by atoms with Crippen LogP contribution >= 0.6 is 0 Å². The highest BCUT2D eigenvalue weighted by Crippen LogP contribution is 2.52. The summed E-state index contributed by atoms with van der Waals surface area (Å²) in [6.07, 6.45) is -11.0. The van der Waals surface area contributed by atoms with Crippen LogP contribution in [0.5, 0.6) is 0 Å². The second-order valence-corrected chi connectivity index (χ2v) is 9.70. The standard InChI is InChI=1S/C20H17F7O3S/c21-15-7-9-16(10-8-15)31(29,30)17(11-1-2-12-17)13-3-5-14(6-4-13)18(28,19(22,23)24)20(25,26)27/h3-10,28H,1-2,11-12H2. The van der Waals surface area contributed by atoms with E-state index in [0.717, 1.165) is 36.4 Å². The lowest BCUT2D eigenvalue weighted by Crippen LogP contribution is -2.53. The van der Waals surface area contributed by atoms with E-state index in [1.165, 1.54) is 0 Å². The number of hydrogen-bond donors (Lipinski definition) is 1. The molecule has 0 unspecified atom stereocenters. The van der Waals surface area contributed by atoms with Gasteiger partial charge in [0, 0.05) is 5.56 Å². The van der Waals surface area contributed by atoms with Gasteiger partial charge in [0.25, 0.3) is 5.60 Å². The van der Waals surface area contributed by atoms with Crippen LogP contribution in [0.3, 0.4) is 0 Å². The summed E-state index contributed by atoms with van der Waals surface area (Å²) >= 11 is 0. The molecular formula is C20H17F7O3S. The van der Waals surface area contributed by atoms with E-state index in [4.69, 9.17) is 0 Å². The molecule has 11 heteroatoms. The molecule has 0 amide bonds. The SMILES string of the molecule is O=S(=O)(c1ccc(F)cc1)C1(c2ccc(C(O)(C(F)(F)F)C(F)(F)F)cc2)CCCC1. The van der Waals surface area contributed by atoms with Gasteiger partial charge in [0.15, 0.2) is 9.84 Å². The second kappa shape index (κ2) is 7.47. The van der Waals surface area contributed by atoms with Crippen molar-refractivity contribution < 1.29 is 44.3 Å². The molecule has 1 saturated carbocycles. The van der Waals surface area contributed by atoms with Crippen molar-refractivity contribution in [3.8, 4) is 0 Å². The minimum Gasteiger partial charge on any atom is -0.369 e. The van der Waals surface area contributed by atoms with Gasteiger partial charge in [-0.15, -0.1) is 0 Å². The molecule has 3 nitrogen and oxygen atoms in total. The monoisotopic (exact) mass is 470 g/mol. The Bertz CT molecular complexity index is 1020. The van der Waals surface area contributed by atoms with Crippen molar-refractivity contribution in [3.05, 3.63) is 65.5 Å². The van der Waals surface area contributed by atoms with E-state index in [-0.39, 0.29) is 23.3 Å². The first-order chi connectivity index (χ1) is 14.2. The van der Waals surface area contributed by atoms with E-state index in [9.17, 15) is 44.3 Å². The van der Waals surface area contributed by atoms with Crippen LogP contribution in [0.2, 0.25) is 0 Å². The number of benzene rings is 2. The Hall–Kier alpha value is -2.14. The average Bonchev–Trinajstić information content (AvgIpc) is 3.18. The Labute approximate surface area is 173 Å². The Morgan fingerprint density at radius 1 is 0.774 bits per heavy atom. The van der Waals surface area contributed by atoms with Crippen LogP contribution in [-0.2, 0) is 20.2 Å². The third-order valence-corrected chi connectivity index (χ3v) is 8.26. The van der Waals surface area contributed by atoms with Crippen LogP contribution in [0.4, 0.5) is 30.7 Å².